The van der Waals surface area contributed by atoms with Gasteiger partial charge < -0.3 is 20.5 Å². The van der Waals surface area contributed by atoms with Crippen LogP contribution in [0.3, 0.4) is 0 Å². The molecule has 0 radical (unpaired) electrons. The van der Waals surface area contributed by atoms with Gasteiger partial charge in [-0.2, -0.15) is 5.26 Å². The number of nitrogens with zero attached hydrogens (tertiary/aromatic N) is 5. The van der Waals surface area contributed by atoms with Gasteiger partial charge in [0, 0.05) is 0 Å². The molecule has 2 rings (SSSR count). The monoisotopic (exact) mass is 429 g/mol. The van der Waals surface area contributed by atoms with E-state index in [0.29, 0.717) is 12.4 Å². The summed E-state index contributed by atoms with van der Waals surface area (Å²) in [5.74, 6) is 0.00360. The molecule has 2 aromatic rings. The number of rotatable bonds is 12. The highest BCUT2D eigenvalue weighted by Gasteiger charge is 2.30. The number of amides is 1. The van der Waals surface area contributed by atoms with Crippen molar-refractivity contribution in [3.8, 4) is 6.07 Å². The number of benzene rings is 1. The summed E-state index contributed by atoms with van der Waals surface area (Å²) in [5, 5.41) is 24.1. The number of tetrazole rings is 1. The first-order valence-electron chi connectivity index (χ1n) is 10.2. The number of nitrogens with one attached hydrogen (secondary N) is 1. The number of ether oxygens (including phenoxy) is 2. The molecule has 1 aromatic carbocycles. The van der Waals surface area contributed by atoms with Crippen LogP contribution in [0, 0.1) is 11.3 Å². The first kappa shape index (κ1) is 24.4. The summed E-state index contributed by atoms with van der Waals surface area (Å²) in [7, 11) is 0. The molecule has 0 aliphatic rings. The fourth-order valence-electron chi connectivity index (χ4n) is 2.71. The molecule has 1 unspecified atom stereocenters. The predicted octanol–water partition coefficient (Wildman–Crippen LogP) is 1.66. The van der Waals surface area contributed by atoms with Crippen molar-refractivity contribution < 1.29 is 14.3 Å². The molecule has 168 valence electrons. The Labute approximate surface area is 182 Å². The molecular formula is C21H31N7O3. The van der Waals surface area contributed by atoms with E-state index in [1.54, 1.807) is 13.8 Å². The zero-order chi connectivity index (χ0) is 22.9. The fraction of sp³-hybridized carbons (Fsp3) is 0.571. The molecule has 1 aromatic heterocycles. The lowest BCUT2D eigenvalue weighted by molar-refractivity contribution is -0.126. The predicted molar refractivity (Wildman–Crippen MR) is 113 cm³/mol. The summed E-state index contributed by atoms with van der Waals surface area (Å²) in [6.07, 6.45) is 0.141. The molecule has 0 bridgehead atoms. The van der Waals surface area contributed by atoms with E-state index in [1.807, 2.05) is 44.2 Å². The Morgan fingerprint density at radius 3 is 2.61 bits per heavy atom. The average Bonchev–Trinajstić information content (AvgIpc) is 3.19. The van der Waals surface area contributed by atoms with Crippen molar-refractivity contribution in [3.05, 3.63) is 41.7 Å². The van der Waals surface area contributed by atoms with Crippen molar-refractivity contribution in [3.63, 3.8) is 0 Å². The van der Waals surface area contributed by atoms with Crippen molar-refractivity contribution >= 4 is 5.91 Å². The quantitative estimate of drug-likeness (QED) is 0.519. The van der Waals surface area contributed by atoms with E-state index in [2.05, 4.69) is 26.9 Å². The van der Waals surface area contributed by atoms with Crippen LogP contribution in [0.25, 0.3) is 0 Å². The summed E-state index contributed by atoms with van der Waals surface area (Å²) < 4.78 is 13.1. The number of hydrogen-bond acceptors (Lipinski definition) is 8. The van der Waals surface area contributed by atoms with Crippen LogP contribution in [0.2, 0.25) is 0 Å². The van der Waals surface area contributed by atoms with Crippen LogP contribution in [-0.2, 0) is 20.9 Å². The van der Waals surface area contributed by atoms with E-state index >= 15 is 0 Å². The van der Waals surface area contributed by atoms with Crippen LogP contribution in [0.5, 0.6) is 0 Å². The molecule has 31 heavy (non-hydrogen) atoms. The molecule has 0 fully saturated rings. The smallest absolute Gasteiger partial charge is 0.240 e. The maximum atomic E-state index is 12.6. The summed E-state index contributed by atoms with van der Waals surface area (Å²) in [6.45, 7) is 7.79. The zero-order valence-electron chi connectivity index (χ0n) is 18.5. The van der Waals surface area contributed by atoms with Gasteiger partial charge in [-0.25, -0.2) is 4.68 Å². The normalized spacial score (nSPS) is 13.6. The second-order valence-corrected chi connectivity index (χ2v) is 8.13. The van der Waals surface area contributed by atoms with Gasteiger partial charge in [0.25, 0.3) is 0 Å². The first-order chi connectivity index (χ1) is 14.7. The third kappa shape index (κ3) is 7.71. The average molecular weight is 430 g/mol. The topological polar surface area (TPSA) is 141 Å². The number of nitrogens with two attached hydrogens (primary N) is 1. The highest BCUT2D eigenvalue weighted by atomic mass is 16.5. The molecule has 10 nitrogen and oxygen atoms in total. The Morgan fingerprint density at radius 2 is 2.00 bits per heavy atom. The van der Waals surface area contributed by atoms with E-state index < -0.39 is 17.6 Å². The van der Waals surface area contributed by atoms with Gasteiger partial charge >= 0.3 is 0 Å². The highest BCUT2D eigenvalue weighted by Crippen LogP contribution is 2.19. The largest absolute Gasteiger partial charge is 0.377 e. The third-order valence-corrected chi connectivity index (χ3v) is 4.41. The Bertz CT molecular complexity index is 856. The zero-order valence-corrected chi connectivity index (χ0v) is 18.5. The Balaban J connectivity index is 2.23. The minimum absolute atomic E-state index is 0.0103. The van der Waals surface area contributed by atoms with E-state index in [9.17, 15) is 10.1 Å². The Morgan fingerprint density at radius 1 is 1.29 bits per heavy atom. The fourth-order valence-corrected chi connectivity index (χ4v) is 2.71. The van der Waals surface area contributed by atoms with E-state index in [1.165, 1.54) is 4.68 Å². The number of carbonyl (C=O) groups excluding carboxylic acids is 1. The molecule has 10 heteroatoms. The van der Waals surface area contributed by atoms with Crippen molar-refractivity contribution in [1.29, 1.82) is 5.26 Å². The Kier molecular flexibility index (Phi) is 9.05. The van der Waals surface area contributed by atoms with Gasteiger partial charge in [0.05, 0.1) is 50.0 Å². The summed E-state index contributed by atoms with van der Waals surface area (Å²) >= 11 is 0. The third-order valence-electron chi connectivity index (χ3n) is 4.41. The lowest BCUT2D eigenvalue weighted by Gasteiger charge is -2.25. The lowest BCUT2D eigenvalue weighted by atomic mass is 10.1. The van der Waals surface area contributed by atoms with Gasteiger partial charge in [-0.3, -0.25) is 4.79 Å². The first-order valence-corrected chi connectivity index (χ1v) is 10.2. The van der Waals surface area contributed by atoms with Crippen molar-refractivity contribution in [2.75, 3.05) is 13.2 Å². The van der Waals surface area contributed by atoms with Crippen LogP contribution in [-0.4, -0.2) is 51.0 Å². The number of hydrogen-bond donors (Lipinski definition) is 2. The van der Waals surface area contributed by atoms with Gasteiger partial charge in [-0.1, -0.05) is 30.3 Å². The molecule has 0 aliphatic heterocycles. The van der Waals surface area contributed by atoms with Gasteiger partial charge in [-0.15, -0.1) is 5.10 Å². The molecule has 0 saturated heterocycles. The Hall–Kier alpha value is -2.87. The van der Waals surface area contributed by atoms with Crippen LogP contribution < -0.4 is 11.1 Å². The van der Waals surface area contributed by atoms with E-state index in [-0.39, 0.29) is 31.6 Å². The minimum Gasteiger partial charge on any atom is -0.377 e. The van der Waals surface area contributed by atoms with Crippen molar-refractivity contribution in [1.82, 2.24) is 25.5 Å². The molecular weight excluding hydrogens is 398 g/mol. The van der Waals surface area contributed by atoms with E-state index in [4.69, 9.17) is 15.2 Å². The summed E-state index contributed by atoms with van der Waals surface area (Å²) in [4.78, 5) is 12.6. The van der Waals surface area contributed by atoms with E-state index in [0.717, 1.165) is 5.56 Å². The number of aromatic nitrogens is 4. The lowest BCUT2D eigenvalue weighted by Crippen LogP contribution is -2.51. The van der Waals surface area contributed by atoms with Gasteiger partial charge in [0.2, 0.25) is 5.91 Å². The summed E-state index contributed by atoms with van der Waals surface area (Å²) in [6, 6.07) is 10.8. The second kappa shape index (κ2) is 11.5. The van der Waals surface area contributed by atoms with Crippen LogP contribution in [0.1, 0.15) is 57.6 Å². The molecule has 3 N–H and O–H groups in total. The molecule has 1 amide bonds. The molecule has 0 saturated carbocycles. The van der Waals surface area contributed by atoms with Crippen LogP contribution in [0.15, 0.2) is 30.3 Å². The number of carbonyl (C=O) groups is 1. The van der Waals surface area contributed by atoms with Crippen LogP contribution >= 0.6 is 0 Å². The number of nitriles is 1. The summed E-state index contributed by atoms with van der Waals surface area (Å²) in [5.41, 5.74) is 5.86. The minimum atomic E-state index is -1.09. The maximum Gasteiger partial charge on any atom is 0.240 e. The van der Waals surface area contributed by atoms with Crippen molar-refractivity contribution in [2.24, 2.45) is 5.73 Å². The van der Waals surface area contributed by atoms with Gasteiger partial charge in [0.15, 0.2) is 5.82 Å². The molecule has 0 spiro atoms. The highest BCUT2D eigenvalue weighted by molar-refractivity contribution is 5.85. The second-order valence-electron chi connectivity index (χ2n) is 8.13. The molecule has 1 heterocycles. The standard InChI is InChI=1S/C21H31N7O3/c1-15(2)31-13-17(10-11-22)28-19(25-26-27-28)18(24-20(29)21(3,4)23)14-30-12-16-8-6-5-7-9-16/h5-9,15,17-18H,10,12-14,23H2,1-4H3,(H,24,29)/t17?,18-/m1/s1. The van der Waals surface area contributed by atoms with Crippen LogP contribution in [0.4, 0.5) is 0 Å². The molecule has 0 aliphatic carbocycles. The maximum absolute atomic E-state index is 12.6. The van der Waals surface area contributed by atoms with Gasteiger partial charge in [-0.05, 0) is 43.7 Å². The van der Waals surface area contributed by atoms with Gasteiger partial charge in [0.1, 0.15) is 6.04 Å². The SMILES string of the molecule is CC(C)OCC(CC#N)n1nnnc1[C@@H](COCc1ccccc1)NC(=O)C(C)(C)N. The van der Waals surface area contributed by atoms with Crippen molar-refractivity contribution in [2.45, 2.75) is 64.4 Å². The molecule has 2 atom stereocenters.